The fourth-order valence-corrected chi connectivity index (χ4v) is 4.05. The van der Waals surface area contributed by atoms with E-state index in [1.54, 1.807) is 25.3 Å². The van der Waals surface area contributed by atoms with Crippen LogP contribution in [0.3, 0.4) is 0 Å². The van der Waals surface area contributed by atoms with Gasteiger partial charge in [0, 0.05) is 23.7 Å². The summed E-state index contributed by atoms with van der Waals surface area (Å²) in [5.74, 6) is 0.958. The van der Waals surface area contributed by atoms with E-state index in [2.05, 4.69) is 5.32 Å². The van der Waals surface area contributed by atoms with Gasteiger partial charge < -0.3 is 19.3 Å². The lowest BCUT2D eigenvalue weighted by Crippen LogP contribution is -2.33. The average molecular weight is 461 g/mol. The number of carbonyl (C=O) groups excluding carboxylic acids is 1. The number of phenols is 1. The van der Waals surface area contributed by atoms with E-state index in [0.717, 1.165) is 28.2 Å². The van der Waals surface area contributed by atoms with E-state index in [0.29, 0.717) is 24.3 Å². The van der Waals surface area contributed by atoms with Gasteiger partial charge in [0.05, 0.1) is 26.4 Å². The Morgan fingerprint density at radius 1 is 1.06 bits per heavy atom. The van der Waals surface area contributed by atoms with Gasteiger partial charge in [-0.05, 0) is 60.5 Å². The summed E-state index contributed by atoms with van der Waals surface area (Å²) in [7, 11) is 2.99. The summed E-state index contributed by atoms with van der Waals surface area (Å²) in [5.41, 5.74) is 3.98. The van der Waals surface area contributed by atoms with Crippen molar-refractivity contribution in [2.24, 2.45) is 4.99 Å². The zero-order valence-corrected chi connectivity index (χ0v) is 19.4. The quantitative estimate of drug-likeness (QED) is 0.492. The van der Waals surface area contributed by atoms with E-state index >= 15 is 0 Å². The van der Waals surface area contributed by atoms with Crippen LogP contribution in [0.25, 0.3) is 0 Å². The van der Waals surface area contributed by atoms with Gasteiger partial charge in [-0.3, -0.25) is 10.3 Å². The molecule has 176 valence electrons. The number of nitrogens with one attached hydrogen (secondary N) is 1. The van der Waals surface area contributed by atoms with Crippen LogP contribution in [-0.4, -0.2) is 37.6 Å². The van der Waals surface area contributed by atoms with Gasteiger partial charge in [0.15, 0.2) is 11.5 Å². The lowest BCUT2D eigenvalue weighted by molar-refractivity contribution is 0.0600. The van der Waals surface area contributed by atoms with Gasteiger partial charge >= 0.3 is 5.97 Å². The topological polar surface area (TPSA) is 89.4 Å². The molecule has 0 bridgehead atoms. The summed E-state index contributed by atoms with van der Waals surface area (Å²) in [6, 6.07) is 20.3. The van der Waals surface area contributed by atoms with Gasteiger partial charge in [0.2, 0.25) is 0 Å². The lowest BCUT2D eigenvalue weighted by Gasteiger charge is -2.31. The van der Waals surface area contributed by atoms with E-state index in [1.807, 2.05) is 55.5 Å². The first-order valence-electron chi connectivity index (χ1n) is 11.1. The van der Waals surface area contributed by atoms with Crippen molar-refractivity contribution in [2.45, 2.75) is 25.6 Å². The van der Waals surface area contributed by atoms with Crippen molar-refractivity contribution < 1.29 is 24.1 Å². The molecule has 0 amide bonds. The Labute approximate surface area is 199 Å². The first kappa shape index (κ1) is 23.3. The van der Waals surface area contributed by atoms with E-state index < -0.39 is 0 Å². The second-order valence-corrected chi connectivity index (χ2v) is 7.87. The highest BCUT2D eigenvalue weighted by molar-refractivity contribution is 6.01. The van der Waals surface area contributed by atoms with Gasteiger partial charge in [0.1, 0.15) is 11.9 Å². The summed E-state index contributed by atoms with van der Waals surface area (Å²) in [6.45, 7) is 2.34. The van der Waals surface area contributed by atoms with Crippen LogP contribution in [0.1, 0.15) is 52.6 Å². The molecule has 1 aliphatic rings. The SMILES string of the molecule is CCOc1cccc(C2CC(c3ccc(OC)cc3)=NC(c3ccc(C(=O)OC)cc3)N2)c1O. The lowest BCUT2D eigenvalue weighted by atomic mass is 9.93. The Bertz CT molecular complexity index is 1170. The molecule has 0 saturated heterocycles. The van der Waals surface area contributed by atoms with Crippen molar-refractivity contribution in [3.05, 3.63) is 89.0 Å². The van der Waals surface area contributed by atoms with Crippen molar-refractivity contribution in [1.29, 1.82) is 0 Å². The van der Waals surface area contributed by atoms with E-state index in [4.69, 9.17) is 19.2 Å². The van der Waals surface area contributed by atoms with Crippen LogP contribution in [0.2, 0.25) is 0 Å². The highest BCUT2D eigenvalue weighted by Crippen LogP contribution is 2.39. The molecule has 1 heterocycles. The molecule has 2 unspecified atom stereocenters. The molecule has 0 spiro atoms. The van der Waals surface area contributed by atoms with E-state index in [1.165, 1.54) is 7.11 Å². The van der Waals surface area contributed by atoms with Crippen LogP contribution in [0, 0.1) is 0 Å². The number of rotatable bonds is 7. The number of esters is 1. The molecule has 0 fully saturated rings. The van der Waals surface area contributed by atoms with Crippen molar-refractivity contribution in [3.8, 4) is 17.2 Å². The Morgan fingerprint density at radius 3 is 2.44 bits per heavy atom. The summed E-state index contributed by atoms with van der Waals surface area (Å²) < 4.78 is 15.7. The van der Waals surface area contributed by atoms with Crippen LogP contribution in [0.5, 0.6) is 17.2 Å². The van der Waals surface area contributed by atoms with E-state index in [-0.39, 0.29) is 23.9 Å². The number of carbonyl (C=O) groups is 1. The fraction of sp³-hybridized carbons (Fsp3) is 0.259. The van der Waals surface area contributed by atoms with Crippen LogP contribution in [0.15, 0.2) is 71.7 Å². The third kappa shape index (κ3) is 4.89. The predicted octanol–water partition coefficient (Wildman–Crippen LogP) is 4.81. The van der Waals surface area contributed by atoms with Gasteiger partial charge in [-0.1, -0.05) is 24.3 Å². The number of nitrogens with zero attached hydrogens (tertiary/aromatic N) is 1. The Balaban J connectivity index is 1.72. The minimum Gasteiger partial charge on any atom is -0.504 e. The Kier molecular flexibility index (Phi) is 7.13. The molecule has 2 atom stereocenters. The number of hydrogen-bond donors (Lipinski definition) is 2. The zero-order chi connectivity index (χ0) is 24.1. The molecule has 2 N–H and O–H groups in total. The third-order valence-corrected chi connectivity index (χ3v) is 5.82. The normalized spacial score (nSPS) is 17.6. The number of aliphatic imine (C=N–C) groups is 1. The molecule has 0 radical (unpaired) electrons. The van der Waals surface area contributed by atoms with Crippen molar-refractivity contribution in [1.82, 2.24) is 5.32 Å². The molecule has 0 aromatic heterocycles. The van der Waals surface area contributed by atoms with Gasteiger partial charge in [0.25, 0.3) is 0 Å². The molecule has 7 heteroatoms. The minimum atomic E-state index is -0.388. The van der Waals surface area contributed by atoms with Crippen LogP contribution >= 0.6 is 0 Å². The van der Waals surface area contributed by atoms with Crippen LogP contribution in [0.4, 0.5) is 0 Å². The third-order valence-electron chi connectivity index (χ3n) is 5.82. The van der Waals surface area contributed by atoms with Crippen molar-refractivity contribution >= 4 is 11.7 Å². The number of aromatic hydroxyl groups is 1. The molecule has 4 rings (SSSR count). The first-order chi connectivity index (χ1) is 16.5. The average Bonchev–Trinajstić information content (AvgIpc) is 2.89. The number of ether oxygens (including phenoxy) is 3. The zero-order valence-electron chi connectivity index (χ0n) is 19.4. The maximum absolute atomic E-state index is 11.8. The second-order valence-electron chi connectivity index (χ2n) is 7.87. The molecule has 34 heavy (non-hydrogen) atoms. The van der Waals surface area contributed by atoms with Crippen molar-refractivity contribution in [2.75, 3.05) is 20.8 Å². The Hall–Kier alpha value is -3.84. The molecule has 0 aliphatic carbocycles. The maximum Gasteiger partial charge on any atom is 0.337 e. The van der Waals surface area contributed by atoms with Crippen LogP contribution < -0.4 is 14.8 Å². The molecular weight excluding hydrogens is 432 g/mol. The highest BCUT2D eigenvalue weighted by atomic mass is 16.5. The second kappa shape index (κ2) is 10.4. The summed E-state index contributed by atoms with van der Waals surface area (Å²) in [6.07, 6.45) is 0.198. The largest absolute Gasteiger partial charge is 0.504 e. The Morgan fingerprint density at radius 2 is 1.79 bits per heavy atom. The fourth-order valence-electron chi connectivity index (χ4n) is 4.05. The van der Waals surface area contributed by atoms with Crippen molar-refractivity contribution in [3.63, 3.8) is 0 Å². The molecule has 3 aromatic carbocycles. The summed E-state index contributed by atoms with van der Waals surface area (Å²) >= 11 is 0. The summed E-state index contributed by atoms with van der Waals surface area (Å²) in [5, 5.41) is 14.4. The highest BCUT2D eigenvalue weighted by Gasteiger charge is 2.28. The number of benzene rings is 3. The van der Waals surface area contributed by atoms with Gasteiger partial charge in [-0.2, -0.15) is 0 Å². The minimum absolute atomic E-state index is 0.123. The number of para-hydroxylation sites is 1. The predicted molar refractivity (Wildman–Crippen MR) is 130 cm³/mol. The molecule has 3 aromatic rings. The van der Waals surface area contributed by atoms with Crippen LogP contribution in [-0.2, 0) is 4.74 Å². The number of hydrogen-bond acceptors (Lipinski definition) is 7. The molecule has 7 nitrogen and oxygen atoms in total. The molecule has 0 saturated carbocycles. The molecule has 1 aliphatic heterocycles. The maximum atomic E-state index is 11.8. The number of phenolic OH excluding ortho intramolecular Hbond substituents is 1. The smallest absolute Gasteiger partial charge is 0.337 e. The molecular formula is C27H28N2O5. The van der Waals surface area contributed by atoms with Gasteiger partial charge in [-0.25, -0.2) is 4.79 Å². The number of methoxy groups -OCH3 is 2. The van der Waals surface area contributed by atoms with Gasteiger partial charge in [-0.15, -0.1) is 0 Å². The monoisotopic (exact) mass is 460 g/mol. The first-order valence-corrected chi connectivity index (χ1v) is 11.1. The summed E-state index contributed by atoms with van der Waals surface area (Å²) in [4.78, 5) is 16.8. The standard InChI is InChI=1S/C27H28N2O5/c1-4-34-24-7-5-6-21(25(24)30)23-16-22(17-12-14-20(32-2)15-13-17)28-26(29-23)18-8-10-19(11-9-18)27(31)33-3/h5-15,23,26,29-30H,4,16H2,1-3H3. The van der Waals surface area contributed by atoms with E-state index in [9.17, 15) is 9.90 Å².